The van der Waals surface area contributed by atoms with Crippen LogP contribution in [-0.4, -0.2) is 6.17 Å². The largest absolute Gasteiger partial charge is 0.322 e. The molecule has 0 spiro atoms. The quantitative estimate of drug-likeness (QED) is 0.833. The Balaban J connectivity index is 2.94. The third-order valence-electron chi connectivity index (χ3n) is 1.76. The van der Waals surface area contributed by atoms with Gasteiger partial charge in [0, 0.05) is 4.47 Å². The molecule has 0 amide bonds. The molecule has 0 bridgehead atoms. The van der Waals surface area contributed by atoms with Crippen molar-refractivity contribution in [2.45, 2.75) is 19.1 Å². The lowest BCUT2D eigenvalue weighted by molar-refractivity contribution is 0.309. The second-order valence-electron chi connectivity index (χ2n) is 2.72. The van der Waals surface area contributed by atoms with Gasteiger partial charge in [0.15, 0.2) is 0 Å². The van der Waals surface area contributed by atoms with Crippen molar-refractivity contribution < 1.29 is 4.39 Å². The molecule has 2 unspecified atom stereocenters. The van der Waals surface area contributed by atoms with Crippen molar-refractivity contribution in [1.29, 1.82) is 0 Å². The van der Waals surface area contributed by atoms with E-state index in [-0.39, 0.29) is 0 Å². The smallest absolute Gasteiger partial charge is 0.117 e. The van der Waals surface area contributed by atoms with Gasteiger partial charge in [-0.25, -0.2) is 4.39 Å². The molecule has 0 aliphatic rings. The number of nitrogens with two attached hydrogens (primary N) is 1. The first-order chi connectivity index (χ1) is 5.63. The zero-order valence-corrected chi connectivity index (χ0v) is 8.38. The first kappa shape index (κ1) is 9.68. The second-order valence-corrected chi connectivity index (χ2v) is 3.58. The van der Waals surface area contributed by atoms with Gasteiger partial charge in [0.1, 0.15) is 6.17 Å². The van der Waals surface area contributed by atoms with E-state index in [1.807, 2.05) is 24.3 Å². The number of benzene rings is 1. The van der Waals surface area contributed by atoms with E-state index >= 15 is 0 Å². The van der Waals surface area contributed by atoms with Crippen LogP contribution in [0.15, 0.2) is 28.7 Å². The van der Waals surface area contributed by atoms with Crippen molar-refractivity contribution in [2.75, 3.05) is 0 Å². The lowest BCUT2D eigenvalue weighted by Crippen LogP contribution is -2.20. The lowest BCUT2D eigenvalue weighted by Gasteiger charge is -2.14. The minimum Gasteiger partial charge on any atom is -0.322 e. The molecule has 3 heteroatoms. The molecule has 0 aromatic heterocycles. The molecule has 0 saturated heterocycles. The topological polar surface area (TPSA) is 26.0 Å². The van der Waals surface area contributed by atoms with Gasteiger partial charge in [-0.2, -0.15) is 0 Å². The number of rotatable bonds is 2. The number of halogens is 2. The molecule has 2 atom stereocenters. The predicted molar refractivity (Wildman–Crippen MR) is 51.6 cm³/mol. The van der Waals surface area contributed by atoms with Crippen LogP contribution in [0.2, 0.25) is 0 Å². The summed E-state index contributed by atoms with van der Waals surface area (Å²) >= 11 is 3.32. The Morgan fingerprint density at radius 1 is 1.42 bits per heavy atom. The summed E-state index contributed by atoms with van der Waals surface area (Å²) in [4.78, 5) is 0. The molecule has 0 aliphatic heterocycles. The summed E-state index contributed by atoms with van der Waals surface area (Å²) in [7, 11) is 0. The van der Waals surface area contributed by atoms with Gasteiger partial charge in [-0.1, -0.05) is 34.1 Å². The van der Waals surface area contributed by atoms with E-state index in [0.29, 0.717) is 0 Å². The molecule has 1 rings (SSSR count). The minimum absolute atomic E-state index is 0.541. The summed E-state index contributed by atoms with van der Waals surface area (Å²) in [5.74, 6) is 0. The standard InChI is InChI=1S/C9H11BrFN/c1-6(11)9(12)7-4-2-3-5-8(7)10/h2-6,9H,12H2,1H3. The van der Waals surface area contributed by atoms with Crippen molar-refractivity contribution in [3.05, 3.63) is 34.3 Å². The third kappa shape index (κ3) is 2.05. The Bertz CT molecular complexity index is 262. The maximum Gasteiger partial charge on any atom is 0.117 e. The molecule has 0 heterocycles. The van der Waals surface area contributed by atoms with Crippen LogP contribution in [-0.2, 0) is 0 Å². The van der Waals surface area contributed by atoms with Gasteiger partial charge in [-0.05, 0) is 18.6 Å². The van der Waals surface area contributed by atoms with E-state index in [4.69, 9.17) is 5.73 Å². The highest BCUT2D eigenvalue weighted by atomic mass is 79.9. The van der Waals surface area contributed by atoms with Gasteiger partial charge in [0.05, 0.1) is 6.04 Å². The summed E-state index contributed by atoms with van der Waals surface area (Å²) in [6.07, 6.45) is -1.02. The predicted octanol–water partition coefficient (Wildman–Crippen LogP) is 2.81. The van der Waals surface area contributed by atoms with Gasteiger partial charge in [0.2, 0.25) is 0 Å². The summed E-state index contributed by atoms with van der Waals surface area (Å²) < 4.78 is 13.7. The van der Waals surface area contributed by atoms with Crippen LogP contribution in [0.5, 0.6) is 0 Å². The SMILES string of the molecule is CC(F)C(N)c1ccccc1Br. The van der Waals surface area contributed by atoms with Crippen molar-refractivity contribution in [2.24, 2.45) is 5.73 Å². The molecule has 1 nitrogen and oxygen atoms in total. The lowest BCUT2D eigenvalue weighted by atomic mass is 10.0. The van der Waals surface area contributed by atoms with Crippen molar-refractivity contribution in [1.82, 2.24) is 0 Å². The zero-order chi connectivity index (χ0) is 9.14. The fraction of sp³-hybridized carbons (Fsp3) is 0.333. The van der Waals surface area contributed by atoms with Gasteiger partial charge in [0.25, 0.3) is 0 Å². The molecular weight excluding hydrogens is 221 g/mol. The molecule has 1 aromatic rings. The summed E-state index contributed by atoms with van der Waals surface area (Å²) in [6.45, 7) is 1.46. The first-order valence-electron chi connectivity index (χ1n) is 3.77. The van der Waals surface area contributed by atoms with Gasteiger partial charge < -0.3 is 5.73 Å². The van der Waals surface area contributed by atoms with E-state index in [1.54, 1.807) is 0 Å². The van der Waals surface area contributed by atoms with E-state index < -0.39 is 12.2 Å². The molecule has 0 saturated carbocycles. The summed E-state index contributed by atoms with van der Waals surface area (Å²) in [5, 5.41) is 0. The molecule has 2 N–H and O–H groups in total. The Kier molecular flexibility index (Phi) is 3.23. The van der Waals surface area contributed by atoms with E-state index in [0.717, 1.165) is 10.0 Å². The highest BCUT2D eigenvalue weighted by Gasteiger charge is 2.15. The highest BCUT2D eigenvalue weighted by Crippen LogP contribution is 2.24. The van der Waals surface area contributed by atoms with Crippen LogP contribution < -0.4 is 5.73 Å². The number of hydrogen-bond acceptors (Lipinski definition) is 1. The molecule has 12 heavy (non-hydrogen) atoms. The normalized spacial score (nSPS) is 15.7. The first-order valence-corrected chi connectivity index (χ1v) is 4.56. The average molecular weight is 232 g/mol. The van der Waals surface area contributed by atoms with Crippen LogP contribution >= 0.6 is 15.9 Å². The molecule has 0 fully saturated rings. The maximum atomic E-state index is 12.8. The Hall–Kier alpha value is -0.410. The molecule has 1 aromatic carbocycles. The van der Waals surface area contributed by atoms with Crippen molar-refractivity contribution in [3.63, 3.8) is 0 Å². The van der Waals surface area contributed by atoms with Gasteiger partial charge >= 0.3 is 0 Å². The molecule has 66 valence electrons. The van der Waals surface area contributed by atoms with Crippen LogP contribution in [0, 0.1) is 0 Å². The molecular formula is C9H11BrFN. The average Bonchev–Trinajstić information content (AvgIpc) is 2.04. The fourth-order valence-electron chi connectivity index (χ4n) is 0.993. The minimum atomic E-state index is -1.02. The van der Waals surface area contributed by atoms with Crippen molar-refractivity contribution >= 4 is 15.9 Å². The fourth-order valence-corrected chi connectivity index (χ4v) is 1.54. The molecule has 0 radical (unpaired) electrons. The van der Waals surface area contributed by atoms with Crippen LogP contribution in [0.4, 0.5) is 4.39 Å². The summed E-state index contributed by atoms with van der Waals surface area (Å²) in [6, 6.07) is 6.87. The summed E-state index contributed by atoms with van der Waals surface area (Å²) in [5.41, 5.74) is 6.45. The number of hydrogen-bond donors (Lipinski definition) is 1. The van der Waals surface area contributed by atoms with Crippen LogP contribution in [0.1, 0.15) is 18.5 Å². The van der Waals surface area contributed by atoms with Crippen LogP contribution in [0.25, 0.3) is 0 Å². The Morgan fingerprint density at radius 2 is 2.00 bits per heavy atom. The zero-order valence-electron chi connectivity index (χ0n) is 6.80. The van der Waals surface area contributed by atoms with Gasteiger partial charge in [-0.3, -0.25) is 0 Å². The van der Waals surface area contributed by atoms with Gasteiger partial charge in [-0.15, -0.1) is 0 Å². The van der Waals surface area contributed by atoms with Crippen molar-refractivity contribution in [3.8, 4) is 0 Å². The van der Waals surface area contributed by atoms with E-state index in [9.17, 15) is 4.39 Å². The maximum absolute atomic E-state index is 12.8. The third-order valence-corrected chi connectivity index (χ3v) is 2.48. The Labute approximate surface area is 79.9 Å². The van der Waals surface area contributed by atoms with E-state index in [2.05, 4.69) is 15.9 Å². The highest BCUT2D eigenvalue weighted by molar-refractivity contribution is 9.10. The van der Waals surface area contributed by atoms with Crippen LogP contribution in [0.3, 0.4) is 0 Å². The monoisotopic (exact) mass is 231 g/mol. The van der Waals surface area contributed by atoms with E-state index in [1.165, 1.54) is 6.92 Å². The Morgan fingerprint density at radius 3 is 2.50 bits per heavy atom. The second kappa shape index (κ2) is 4.01. The molecule has 0 aliphatic carbocycles. The number of alkyl halides is 1.